The third-order valence-corrected chi connectivity index (χ3v) is 2.45. The van der Waals surface area contributed by atoms with Crippen LogP contribution < -0.4 is 10.9 Å². The fourth-order valence-corrected chi connectivity index (χ4v) is 1.79. The quantitative estimate of drug-likeness (QED) is 0.823. The van der Waals surface area contributed by atoms with Crippen molar-refractivity contribution in [3.05, 3.63) is 23.8 Å². The van der Waals surface area contributed by atoms with E-state index in [2.05, 4.69) is 15.3 Å². The molecule has 0 aliphatic heterocycles. The van der Waals surface area contributed by atoms with Crippen molar-refractivity contribution < 1.29 is 9.53 Å². The number of imidazole rings is 1. The molecule has 2 aromatic heterocycles. The number of nitrogens with zero attached hydrogens (tertiary/aromatic N) is 3. The van der Waals surface area contributed by atoms with Crippen LogP contribution in [0.5, 0.6) is 0 Å². The van der Waals surface area contributed by atoms with Gasteiger partial charge in [0.25, 0.3) is 0 Å². The predicted octanol–water partition coefficient (Wildman–Crippen LogP) is 0.856. The van der Waals surface area contributed by atoms with Gasteiger partial charge >= 0.3 is 6.09 Å². The van der Waals surface area contributed by atoms with Gasteiger partial charge < -0.3 is 14.5 Å². The topological polar surface area (TPSA) is 68.5 Å². The number of fused-ring (bicyclic) bond motifs is 1. The van der Waals surface area contributed by atoms with Gasteiger partial charge in [-0.05, 0) is 27.7 Å². The van der Waals surface area contributed by atoms with Crippen molar-refractivity contribution in [1.29, 1.82) is 0 Å². The fourth-order valence-electron chi connectivity index (χ4n) is 1.79. The summed E-state index contributed by atoms with van der Waals surface area (Å²) in [7, 11) is 5.74. The van der Waals surface area contributed by atoms with E-state index in [-0.39, 0.29) is 6.54 Å². The Morgan fingerprint density at radius 1 is 1.40 bits per heavy atom. The Morgan fingerprint density at radius 2 is 2.10 bits per heavy atom. The molecule has 0 saturated heterocycles. The van der Waals surface area contributed by atoms with E-state index < -0.39 is 11.7 Å². The number of aryl methyl sites for hydroxylation is 1. The Kier molecular flexibility index (Phi) is 3.70. The number of aromatic nitrogens is 3. The Hall–Kier alpha value is -2.05. The third kappa shape index (κ3) is 3.49. The Balaban J connectivity index is 2.15. The smallest absolute Gasteiger partial charge is 0.407 e. The molecule has 0 aromatic carbocycles. The molecule has 6 nitrogen and oxygen atoms in total. The highest BCUT2D eigenvalue weighted by molar-refractivity contribution is 6.30. The average Bonchev–Trinajstić information content (AvgIpc) is 2.63. The molecule has 2 heterocycles. The van der Waals surface area contributed by atoms with E-state index in [9.17, 15) is 4.79 Å². The highest BCUT2D eigenvalue weighted by Crippen LogP contribution is 2.09. The molecule has 0 aliphatic rings. The van der Waals surface area contributed by atoms with Crippen LogP contribution in [-0.4, -0.2) is 33.9 Å². The van der Waals surface area contributed by atoms with E-state index in [0.29, 0.717) is 16.9 Å². The molecule has 0 aliphatic carbocycles. The summed E-state index contributed by atoms with van der Waals surface area (Å²) in [5.74, 6) is 0. The first kappa shape index (κ1) is 14.4. The van der Waals surface area contributed by atoms with Gasteiger partial charge in [-0.2, -0.15) is 0 Å². The standard InChI is InChI=1S/C13H17BN4O2/c1-8-6-18-7-10(14)17-9(11(18)16-8)5-15-12(19)20-13(2,3)4/h6-7H,5H2,1-4H3,(H,15,19). The van der Waals surface area contributed by atoms with Crippen molar-refractivity contribution in [2.24, 2.45) is 0 Å². The van der Waals surface area contributed by atoms with Gasteiger partial charge in [-0.25, -0.2) is 9.78 Å². The first-order chi connectivity index (χ1) is 9.24. The van der Waals surface area contributed by atoms with Gasteiger partial charge in [0.2, 0.25) is 0 Å². The normalized spacial score (nSPS) is 11.6. The van der Waals surface area contributed by atoms with Crippen molar-refractivity contribution >= 4 is 25.2 Å². The number of alkyl carbamates (subject to hydrolysis) is 1. The third-order valence-electron chi connectivity index (χ3n) is 2.45. The summed E-state index contributed by atoms with van der Waals surface area (Å²) in [4.78, 5) is 20.2. The average molecular weight is 272 g/mol. The maximum Gasteiger partial charge on any atom is 0.407 e. The number of hydrogen-bond donors (Lipinski definition) is 1. The largest absolute Gasteiger partial charge is 0.444 e. The molecule has 2 aromatic rings. The molecular weight excluding hydrogens is 255 g/mol. The maximum absolute atomic E-state index is 11.6. The van der Waals surface area contributed by atoms with Crippen molar-refractivity contribution in [2.75, 3.05) is 0 Å². The van der Waals surface area contributed by atoms with E-state index in [1.807, 2.05) is 33.9 Å². The molecule has 0 saturated carbocycles. The molecule has 0 bridgehead atoms. The number of hydrogen-bond acceptors (Lipinski definition) is 4. The highest BCUT2D eigenvalue weighted by Gasteiger charge is 2.16. The predicted molar refractivity (Wildman–Crippen MR) is 76.2 cm³/mol. The zero-order chi connectivity index (χ0) is 14.9. The van der Waals surface area contributed by atoms with E-state index in [0.717, 1.165) is 5.69 Å². The van der Waals surface area contributed by atoms with Crippen LogP contribution in [0.15, 0.2) is 12.4 Å². The number of carbonyl (C=O) groups excluding carboxylic acids is 1. The van der Waals surface area contributed by atoms with Crippen LogP contribution in [-0.2, 0) is 11.3 Å². The molecule has 104 valence electrons. The van der Waals surface area contributed by atoms with Crippen molar-refractivity contribution in [2.45, 2.75) is 39.8 Å². The van der Waals surface area contributed by atoms with Crippen molar-refractivity contribution in [1.82, 2.24) is 19.7 Å². The Labute approximate surface area is 119 Å². The van der Waals surface area contributed by atoms with E-state index in [1.165, 1.54) is 0 Å². The minimum atomic E-state index is -0.535. The van der Waals surface area contributed by atoms with Gasteiger partial charge in [-0.15, -0.1) is 0 Å². The molecule has 2 rings (SSSR count). The van der Waals surface area contributed by atoms with Gasteiger partial charge in [0.05, 0.1) is 12.2 Å². The molecule has 1 N–H and O–H groups in total. The van der Waals surface area contributed by atoms with E-state index in [4.69, 9.17) is 12.6 Å². The van der Waals surface area contributed by atoms with Crippen LogP contribution in [0.25, 0.3) is 5.65 Å². The minimum absolute atomic E-state index is 0.208. The summed E-state index contributed by atoms with van der Waals surface area (Å²) in [6.07, 6.45) is 3.04. The van der Waals surface area contributed by atoms with Crippen molar-refractivity contribution in [3.8, 4) is 0 Å². The summed E-state index contributed by atoms with van der Waals surface area (Å²) >= 11 is 0. The molecule has 7 heteroatoms. The van der Waals surface area contributed by atoms with E-state index >= 15 is 0 Å². The maximum atomic E-state index is 11.6. The van der Waals surface area contributed by atoms with Gasteiger partial charge in [0, 0.05) is 18.0 Å². The summed E-state index contributed by atoms with van der Waals surface area (Å²) < 4.78 is 6.97. The number of amides is 1. The monoisotopic (exact) mass is 272 g/mol. The second-order valence-electron chi connectivity index (χ2n) is 5.58. The number of ether oxygens (including phenoxy) is 1. The lowest BCUT2D eigenvalue weighted by Crippen LogP contribution is -2.33. The molecular formula is C13H17BN4O2. The lowest BCUT2D eigenvalue weighted by atomic mass is 10.1. The van der Waals surface area contributed by atoms with Crippen molar-refractivity contribution in [3.63, 3.8) is 0 Å². The first-order valence-corrected chi connectivity index (χ1v) is 6.32. The van der Waals surface area contributed by atoms with Crippen LogP contribution >= 0.6 is 0 Å². The van der Waals surface area contributed by atoms with E-state index in [1.54, 1.807) is 10.6 Å². The summed E-state index contributed by atoms with van der Waals surface area (Å²) in [5.41, 5.74) is 1.97. The van der Waals surface area contributed by atoms with Crippen LogP contribution in [0.3, 0.4) is 0 Å². The van der Waals surface area contributed by atoms with Gasteiger partial charge in [-0.1, -0.05) is 0 Å². The SMILES string of the molecule is [B]c1cn2cc(C)nc2c(CNC(=O)OC(C)(C)C)n1. The van der Waals surface area contributed by atoms with Gasteiger partial charge in [0.15, 0.2) is 5.65 Å². The first-order valence-electron chi connectivity index (χ1n) is 6.32. The second kappa shape index (κ2) is 5.15. The zero-order valence-corrected chi connectivity index (χ0v) is 12.1. The highest BCUT2D eigenvalue weighted by atomic mass is 16.6. The van der Waals surface area contributed by atoms with Crippen LogP contribution in [0.1, 0.15) is 32.2 Å². The lowest BCUT2D eigenvalue weighted by Gasteiger charge is -2.19. The number of carbonyl (C=O) groups is 1. The minimum Gasteiger partial charge on any atom is -0.444 e. The number of rotatable bonds is 2. The zero-order valence-electron chi connectivity index (χ0n) is 12.1. The van der Waals surface area contributed by atoms with Gasteiger partial charge in [0.1, 0.15) is 19.1 Å². The van der Waals surface area contributed by atoms with Crippen LogP contribution in [0.2, 0.25) is 0 Å². The van der Waals surface area contributed by atoms with Crippen LogP contribution in [0.4, 0.5) is 4.79 Å². The molecule has 2 radical (unpaired) electrons. The molecule has 0 spiro atoms. The molecule has 20 heavy (non-hydrogen) atoms. The summed E-state index contributed by atoms with van der Waals surface area (Å²) in [6, 6.07) is 0. The Bertz CT molecular complexity index is 646. The molecule has 0 unspecified atom stereocenters. The number of nitrogens with one attached hydrogen (secondary N) is 1. The lowest BCUT2D eigenvalue weighted by molar-refractivity contribution is 0.0523. The van der Waals surface area contributed by atoms with Gasteiger partial charge in [-0.3, -0.25) is 4.98 Å². The second-order valence-corrected chi connectivity index (χ2v) is 5.58. The molecule has 0 atom stereocenters. The molecule has 0 fully saturated rings. The fraction of sp³-hybridized carbons (Fsp3) is 0.462. The molecule has 1 amide bonds. The summed E-state index contributed by atoms with van der Waals surface area (Å²) in [6.45, 7) is 7.51. The summed E-state index contributed by atoms with van der Waals surface area (Å²) in [5, 5.41) is 2.65. The van der Waals surface area contributed by atoms with Crippen LogP contribution in [0, 0.1) is 6.92 Å². The Morgan fingerprint density at radius 3 is 2.75 bits per heavy atom.